The summed E-state index contributed by atoms with van der Waals surface area (Å²) in [5.41, 5.74) is 2.50. The number of aryl methyl sites for hydroxylation is 2. The molecule has 7 nitrogen and oxygen atoms in total. The topological polar surface area (TPSA) is 76.8 Å². The fourth-order valence-electron chi connectivity index (χ4n) is 3.52. The van der Waals surface area contributed by atoms with Crippen LogP contribution in [0.4, 0.5) is 10.2 Å². The number of carbonyl (C=O) groups is 1. The minimum Gasteiger partial charge on any atom is -0.315 e. The molecule has 0 unspecified atom stereocenters. The first-order chi connectivity index (χ1) is 13.0. The molecule has 4 rings (SSSR count). The molecule has 0 spiro atoms. The number of carbonyl (C=O) groups excluding carboxylic acids is 1. The van der Waals surface area contributed by atoms with E-state index in [9.17, 15) is 9.18 Å². The minimum atomic E-state index is -0.315. The van der Waals surface area contributed by atoms with Crippen LogP contribution in [0.5, 0.6) is 0 Å². The summed E-state index contributed by atoms with van der Waals surface area (Å²) in [6.45, 7) is 3.19. The zero-order valence-corrected chi connectivity index (χ0v) is 16.4. The van der Waals surface area contributed by atoms with E-state index in [4.69, 9.17) is 0 Å². The van der Waals surface area contributed by atoms with Crippen LogP contribution in [0.2, 0.25) is 0 Å². The van der Waals surface area contributed by atoms with Crippen LogP contribution in [-0.2, 0) is 11.8 Å². The van der Waals surface area contributed by atoms with Gasteiger partial charge in [0, 0.05) is 38.3 Å². The molecule has 1 aliphatic rings. The predicted molar refractivity (Wildman–Crippen MR) is 106 cm³/mol. The van der Waals surface area contributed by atoms with Crippen molar-refractivity contribution in [3.05, 3.63) is 59.8 Å². The molecule has 0 aliphatic carbocycles. The van der Waals surface area contributed by atoms with Gasteiger partial charge in [-0.3, -0.25) is 9.48 Å². The van der Waals surface area contributed by atoms with Gasteiger partial charge < -0.3 is 10.6 Å². The third kappa shape index (κ3) is 3.93. The normalized spacial score (nSPS) is 18.7. The van der Waals surface area contributed by atoms with Crippen LogP contribution >= 0.6 is 12.4 Å². The Balaban J connectivity index is 0.00000225. The zero-order valence-electron chi connectivity index (χ0n) is 15.6. The van der Waals surface area contributed by atoms with Crippen molar-refractivity contribution in [2.75, 3.05) is 18.4 Å². The summed E-state index contributed by atoms with van der Waals surface area (Å²) < 4.78 is 16.6. The highest BCUT2D eigenvalue weighted by Gasteiger charge is 2.35. The summed E-state index contributed by atoms with van der Waals surface area (Å²) in [5.74, 6) is 0.0516. The number of anilines is 1. The highest BCUT2D eigenvalue weighted by atomic mass is 35.5. The molecule has 0 bridgehead atoms. The van der Waals surface area contributed by atoms with Crippen LogP contribution in [0.1, 0.15) is 17.2 Å². The quantitative estimate of drug-likeness (QED) is 0.700. The molecule has 3 aromatic rings. The highest BCUT2D eigenvalue weighted by Crippen LogP contribution is 2.29. The van der Waals surface area contributed by atoms with E-state index in [0.717, 1.165) is 17.8 Å². The van der Waals surface area contributed by atoms with Crippen LogP contribution in [0.15, 0.2) is 42.7 Å². The summed E-state index contributed by atoms with van der Waals surface area (Å²) in [6.07, 6.45) is 3.76. The second-order valence-electron chi connectivity index (χ2n) is 6.87. The molecule has 1 aromatic carbocycles. The first kappa shape index (κ1) is 20.0. The Hall–Kier alpha value is -2.71. The Morgan fingerprint density at radius 1 is 1.29 bits per heavy atom. The summed E-state index contributed by atoms with van der Waals surface area (Å²) in [6, 6.07) is 7.82. The van der Waals surface area contributed by atoms with Crippen molar-refractivity contribution in [3.63, 3.8) is 0 Å². The first-order valence-corrected chi connectivity index (χ1v) is 8.84. The lowest BCUT2D eigenvalue weighted by Crippen LogP contribution is -2.28. The standard InChI is InChI=1S/C19H21FN6O.ClH/c1-12-7-18(26(24-12)15-5-3-14(20)4-6-15)23-19(27)17-10-21-9-16(17)13-8-22-25(2)11-13;/h3-8,11,16-17,21H,9-10H2,1-2H3,(H,23,27);1H/t16-,17+;/m1./s1. The summed E-state index contributed by atoms with van der Waals surface area (Å²) in [7, 11) is 1.87. The van der Waals surface area contributed by atoms with E-state index >= 15 is 0 Å². The second-order valence-corrected chi connectivity index (χ2v) is 6.87. The Bertz CT molecular complexity index is 967. The molecule has 1 saturated heterocycles. The van der Waals surface area contributed by atoms with Crippen molar-refractivity contribution < 1.29 is 9.18 Å². The van der Waals surface area contributed by atoms with Gasteiger partial charge in [-0.05, 0) is 36.8 Å². The van der Waals surface area contributed by atoms with Gasteiger partial charge in [-0.15, -0.1) is 12.4 Å². The molecule has 9 heteroatoms. The average molecular weight is 405 g/mol. The van der Waals surface area contributed by atoms with Crippen molar-refractivity contribution in [2.45, 2.75) is 12.8 Å². The molecule has 1 amide bonds. The fraction of sp³-hybridized carbons (Fsp3) is 0.316. The zero-order chi connectivity index (χ0) is 19.0. The third-order valence-electron chi connectivity index (χ3n) is 4.86. The molecule has 2 atom stereocenters. The molecule has 1 fully saturated rings. The number of hydrogen-bond donors (Lipinski definition) is 2. The lowest BCUT2D eigenvalue weighted by atomic mass is 9.90. The van der Waals surface area contributed by atoms with E-state index in [1.807, 2.05) is 32.4 Å². The molecular weight excluding hydrogens is 383 g/mol. The van der Waals surface area contributed by atoms with Gasteiger partial charge in [-0.25, -0.2) is 9.07 Å². The number of benzene rings is 1. The van der Waals surface area contributed by atoms with E-state index in [0.29, 0.717) is 18.1 Å². The minimum absolute atomic E-state index is 0. The molecule has 0 saturated carbocycles. The molecule has 28 heavy (non-hydrogen) atoms. The van der Waals surface area contributed by atoms with Gasteiger partial charge in [0.1, 0.15) is 11.6 Å². The maximum Gasteiger partial charge on any atom is 0.230 e. The molecule has 2 N–H and O–H groups in total. The van der Waals surface area contributed by atoms with Crippen molar-refractivity contribution >= 4 is 24.1 Å². The van der Waals surface area contributed by atoms with Gasteiger partial charge >= 0.3 is 0 Å². The summed E-state index contributed by atoms with van der Waals surface area (Å²) in [5, 5.41) is 14.9. The Morgan fingerprint density at radius 3 is 2.71 bits per heavy atom. The number of amides is 1. The lowest BCUT2D eigenvalue weighted by Gasteiger charge is -2.17. The van der Waals surface area contributed by atoms with Crippen molar-refractivity contribution in [1.82, 2.24) is 24.9 Å². The fourth-order valence-corrected chi connectivity index (χ4v) is 3.52. The first-order valence-electron chi connectivity index (χ1n) is 8.84. The van der Waals surface area contributed by atoms with E-state index < -0.39 is 0 Å². The Kier molecular flexibility index (Phi) is 5.81. The van der Waals surface area contributed by atoms with E-state index in [1.165, 1.54) is 12.1 Å². The van der Waals surface area contributed by atoms with Crippen molar-refractivity contribution in [2.24, 2.45) is 13.0 Å². The largest absolute Gasteiger partial charge is 0.315 e. The van der Waals surface area contributed by atoms with Gasteiger partial charge in [-0.2, -0.15) is 10.2 Å². The Morgan fingerprint density at radius 2 is 2.04 bits per heavy atom. The predicted octanol–water partition coefficient (Wildman–Crippen LogP) is 2.42. The number of aromatic nitrogens is 4. The molecule has 2 aromatic heterocycles. The SMILES string of the molecule is Cc1cc(NC(=O)[C@H]2CNC[C@@H]2c2cnn(C)c2)n(-c2ccc(F)cc2)n1.Cl. The average Bonchev–Trinajstić information content (AvgIpc) is 3.35. The van der Waals surface area contributed by atoms with Crippen molar-refractivity contribution in [1.29, 1.82) is 0 Å². The van der Waals surface area contributed by atoms with Gasteiger partial charge in [0.25, 0.3) is 0 Å². The third-order valence-corrected chi connectivity index (χ3v) is 4.86. The summed E-state index contributed by atoms with van der Waals surface area (Å²) >= 11 is 0. The number of rotatable bonds is 4. The molecule has 0 radical (unpaired) electrons. The smallest absolute Gasteiger partial charge is 0.230 e. The van der Waals surface area contributed by atoms with Gasteiger partial charge in [0.05, 0.1) is 23.5 Å². The molecule has 3 heterocycles. The van der Waals surface area contributed by atoms with E-state index in [2.05, 4.69) is 20.8 Å². The van der Waals surface area contributed by atoms with Gasteiger partial charge in [-0.1, -0.05) is 0 Å². The summed E-state index contributed by atoms with van der Waals surface area (Å²) in [4.78, 5) is 13.0. The number of halogens is 2. The monoisotopic (exact) mass is 404 g/mol. The van der Waals surface area contributed by atoms with Crippen LogP contribution in [0.25, 0.3) is 5.69 Å². The van der Waals surface area contributed by atoms with Crippen LogP contribution < -0.4 is 10.6 Å². The van der Waals surface area contributed by atoms with Crippen LogP contribution in [-0.4, -0.2) is 38.6 Å². The number of nitrogens with zero attached hydrogens (tertiary/aromatic N) is 4. The Labute approximate surface area is 168 Å². The van der Waals surface area contributed by atoms with E-state index in [1.54, 1.807) is 21.5 Å². The second kappa shape index (κ2) is 8.12. The maximum atomic E-state index is 13.2. The highest BCUT2D eigenvalue weighted by molar-refractivity contribution is 5.93. The van der Waals surface area contributed by atoms with Gasteiger partial charge in [0.15, 0.2) is 0 Å². The lowest BCUT2D eigenvalue weighted by molar-refractivity contribution is -0.119. The number of hydrogen-bond acceptors (Lipinski definition) is 4. The van der Waals surface area contributed by atoms with E-state index in [-0.39, 0.29) is 36.0 Å². The van der Waals surface area contributed by atoms with Crippen molar-refractivity contribution in [3.8, 4) is 5.69 Å². The maximum absolute atomic E-state index is 13.2. The van der Waals surface area contributed by atoms with Gasteiger partial charge in [0.2, 0.25) is 5.91 Å². The molecular formula is C19H22ClFN6O. The molecule has 148 valence electrons. The molecule has 1 aliphatic heterocycles. The number of nitrogens with one attached hydrogen (secondary N) is 2. The van der Waals surface area contributed by atoms with Crippen LogP contribution in [0.3, 0.4) is 0 Å². The van der Waals surface area contributed by atoms with Crippen LogP contribution in [0, 0.1) is 18.7 Å².